The Morgan fingerprint density at radius 1 is 1.60 bits per heavy atom. The SMILES string of the molecule is NC1Cc2ccn(I)c2C1. The van der Waals surface area contributed by atoms with Crippen molar-refractivity contribution >= 4 is 22.9 Å². The minimum absolute atomic E-state index is 0.368. The van der Waals surface area contributed by atoms with Crippen LogP contribution < -0.4 is 5.73 Å². The van der Waals surface area contributed by atoms with Crippen LogP contribution in [0.15, 0.2) is 12.3 Å². The largest absolute Gasteiger partial charge is 0.327 e. The van der Waals surface area contributed by atoms with E-state index < -0.39 is 0 Å². The van der Waals surface area contributed by atoms with Crippen molar-refractivity contribution in [3.05, 3.63) is 23.5 Å². The van der Waals surface area contributed by atoms with Crippen molar-refractivity contribution in [1.82, 2.24) is 2.78 Å². The van der Waals surface area contributed by atoms with Gasteiger partial charge in [-0.15, -0.1) is 0 Å². The first-order valence-electron chi connectivity index (χ1n) is 3.38. The van der Waals surface area contributed by atoms with Crippen LogP contribution in [0.2, 0.25) is 0 Å². The Hall–Kier alpha value is -0.0300. The number of nitrogens with two attached hydrogens (primary N) is 1. The predicted octanol–water partition coefficient (Wildman–Crippen LogP) is 1.11. The third kappa shape index (κ3) is 0.880. The van der Waals surface area contributed by atoms with Crippen LogP contribution in [0.1, 0.15) is 11.3 Å². The molecule has 0 spiro atoms. The molecule has 0 aliphatic heterocycles. The lowest BCUT2D eigenvalue weighted by Crippen LogP contribution is -2.19. The van der Waals surface area contributed by atoms with Crippen molar-refractivity contribution in [3.63, 3.8) is 0 Å². The van der Waals surface area contributed by atoms with Crippen LogP contribution in [0.4, 0.5) is 0 Å². The van der Waals surface area contributed by atoms with Gasteiger partial charge in [0.25, 0.3) is 0 Å². The van der Waals surface area contributed by atoms with Gasteiger partial charge in [-0.25, -0.2) is 0 Å². The summed E-state index contributed by atoms with van der Waals surface area (Å²) in [5.74, 6) is 0. The van der Waals surface area contributed by atoms with Crippen molar-refractivity contribution in [2.45, 2.75) is 18.9 Å². The summed E-state index contributed by atoms with van der Waals surface area (Å²) >= 11 is 2.29. The number of hydrogen-bond donors (Lipinski definition) is 1. The summed E-state index contributed by atoms with van der Waals surface area (Å²) in [6.07, 6.45) is 4.20. The van der Waals surface area contributed by atoms with Crippen LogP contribution in [0.5, 0.6) is 0 Å². The Kier molecular flexibility index (Phi) is 1.49. The number of rotatable bonds is 0. The molecule has 2 nitrogen and oxygen atoms in total. The van der Waals surface area contributed by atoms with Gasteiger partial charge in [-0.05, 0) is 18.1 Å². The highest BCUT2D eigenvalue weighted by molar-refractivity contribution is 14.1. The van der Waals surface area contributed by atoms with E-state index in [0.29, 0.717) is 6.04 Å². The zero-order chi connectivity index (χ0) is 7.14. The Bertz CT molecular complexity index is 254. The van der Waals surface area contributed by atoms with E-state index in [4.69, 9.17) is 5.73 Å². The molecule has 1 unspecified atom stereocenters. The molecule has 3 heteroatoms. The maximum absolute atomic E-state index is 5.78. The van der Waals surface area contributed by atoms with Crippen LogP contribution in [-0.2, 0) is 12.8 Å². The molecule has 1 atom stereocenters. The molecule has 54 valence electrons. The molecule has 0 bridgehead atoms. The lowest BCUT2D eigenvalue weighted by atomic mass is 10.2. The third-order valence-corrected chi connectivity index (χ3v) is 2.88. The van der Waals surface area contributed by atoms with Gasteiger partial charge in [0.05, 0.1) is 22.9 Å². The molecule has 0 saturated heterocycles. The Morgan fingerprint density at radius 2 is 2.40 bits per heavy atom. The zero-order valence-electron chi connectivity index (χ0n) is 5.55. The van der Waals surface area contributed by atoms with Gasteiger partial charge in [-0.2, -0.15) is 0 Å². The van der Waals surface area contributed by atoms with Gasteiger partial charge < -0.3 is 5.73 Å². The first-order valence-corrected chi connectivity index (χ1v) is 4.34. The van der Waals surface area contributed by atoms with Gasteiger partial charge in [0.15, 0.2) is 0 Å². The molecule has 0 amide bonds. The Morgan fingerprint density at radius 3 is 3.10 bits per heavy atom. The van der Waals surface area contributed by atoms with E-state index in [1.165, 1.54) is 11.3 Å². The smallest absolute Gasteiger partial charge is 0.0637 e. The fourth-order valence-electron chi connectivity index (χ4n) is 1.49. The third-order valence-electron chi connectivity index (χ3n) is 1.97. The summed E-state index contributed by atoms with van der Waals surface area (Å²) < 4.78 is 2.14. The molecule has 0 saturated carbocycles. The van der Waals surface area contributed by atoms with Crippen molar-refractivity contribution in [2.75, 3.05) is 0 Å². The monoisotopic (exact) mass is 248 g/mol. The van der Waals surface area contributed by atoms with E-state index >= 15 is 0 Å². The average molecular weight is 248 g/mol. The summed E-state index contributed by atoms with van der Waals surface area (Å²) in [6.45, 7) is 0. The quantitative estimate of drug-likeness (QED) is 0.685. The molecule has 1 aliphatic rings. The summed E-state index contributed by atoms with van der Waals surface area (Å²) in [6, 6.07) is 2.53. The van der Waals surface area contributed by atoms with Crippen LogP contribution in [0.25, 0.3) is 0 Å². The number of nitrogens with zero attached hydrogens (tertiary/aromatic N) is 1. The minimum Gasteiger partial charge on any atom is -0.327 e. The lowest BCUT2D eigenvalue weighted by molar-refractivity contribution is 0.712. The standard InChI is InChI=1S/C7H9IN2/c8-10-2-1-5-3-6(9)4-7(5)10/h1-2,6H,3-4,9H2. The van der Waals surface area contributed by atoms with Gasteiger partial charge in [0.1, 0.15) is 0 Å². The van der Waals surface area contributed by atoms with Crippen LogP contribution in [0, 0.1) is 0 Å². The average Bonchev–Trinajstić information content (AvgIpc) is 2.35. The second kappa shape index (κ2) is 2.23. The van der Waals surface area contributed by atoms with Gasteiger partial charge in [0.2, 0.25) is 0 Å². The second-order valence-corrected chi connectivity index (χ2v) is 3.81. The number of hydrogen-bond acceptors (Lipinski definition) is 1. The number of fused-ring (bicyclic) bond motifs is 1. The van der Waals surface area contributed by atoms with E-state index in [1.807, 2.05) is 0 Å². The highest BCUT2D eigenvalue weighted by Crippen LogP contribution is 2.23. The molecule has 0 aromatic carbocycles. The van der Waals surface area contributed by atoms with E-state index in [0.717, 1.165) is 12.8 Å². The Labute approximate surface area is 73.9 Å². The first kappa shape index (κ1) is 6.67. The van der Waals surface area contributed by atoms with Crippen LogP contribution in [0.3, 0.4) is 0 Å². The van der Waals surface area contributed by atoms with Crippen molar-refractivity contribution in [1.29, 1.82) is 0 Å². The summed E-state index contributed by atoms with van der Waals surface area (Å²) in [5.41, 5.74) is 8.62. The molecular formula is C7H9IN2. The van der Waals surface area contributed by atoms with Crippen LogP contribution >= 0.6 is 22.9 Å². The summed E-state index contributed by atoms with van der Waals surface area (Å²) in [4.78, 5) is 0. The molecule has 10 heavy (non-hydrogen) atoms. The minimum atomic E-state index is 0.368. The highest BCUT2D eigenvalue weighted by Gasteiger charge is 2.20. The lowest BCUT2D eigenvalue weighted by Gasteiger charge is -1.98. The van der Waals surface area contributed by atoms with Gasteiger partial charge in [-0.1, -0.05) is 0 Å². The molecule has 2 rings (SSSR count). The summed E-state index contributed by atoms with van der Waals surface area (Å²) in [7, 11) is 0. The summed E-state index contributed by atoms with van der Waals surface area (Å²) in [5, 5.41) is 0. The zero-order valence-corrected chi connectivity index (χ0v) is 7.71. The normalized spacial score (nSPS) is 23.2. The highest BCUT2D eigenvalue weighted by atomic mass is 127. The molecule has 1 heterocycles. The van der Waals surface area contributed by atoms with E-state index in [-0.39, 0.29) is 0 Å². The maximum Gasteiger partial charge on any atom is 0.0637 e. The van der Waals surface area contributed by atoms with Crippen molar-refractivity contribution < 1.29 is 0 Å². The first-order chi connectivity index (χ1) is 4.77. The maximum atomic E-state index is 5.78. The molecule has 1 aliphatic carbocycles. The van der Waals surface area contributed by atoms with Crippen molar-refractivity contribution in [2.24, 2.45) is 5.73 Å². The van der Waals surface area contributed by atoms with E-state index in [1.54, 1.807) is 0 Å². The second-order valence-electron chi connectivity index (χ2n) is 2.77. The number of aromatic nitrogens is 1. The fraction of sp³-hybridized carbons (Fsp3) is 0.429. The van der Waals surface area contributed by atoms with E-state index in [9.17, 15) is 0 Å². The topological polar surface area (TPSA) is 30.9 Å². The Balaban J connectivity index is 2.44. The molecule has 2 N–H and O–H groups in total. The number of halogens is 1. The molecule has 1 aromatic rings. The molecule has 0 radical (unpaired) electrons. The van der Waals surface area contributed by atoms with Crippen molar-refractivity contribution in [3.8, 4) is 0 Å². The fourth-order valence-corrected chi connectivity index (χ4v) is 2.15. The van der Waals surface area contributed by atoms with Crippen LogP contribution in [-0.4, -0.2) is 8.82 Å². The van der Waals surface area contributed by atoms with Gasteiger partial charge in [0, 0.05) is 24.4 Å². The molecular weight excluding hydrogens is 239 g/mol. The van der Waals surface area contributed by atoms with Gasteiger partial charge in [-0.3, -0.25) is 2.78 Å². The van der Waals surface area contributed by atoms with Gasteiger partial charge >= 0.3 is 0 Å². The predicted molar refractivity (Wildman–Crippen MR) is 49.2 cm³/mol. The van der Waals surface area contributed by atoms with E-state index in [2.05, 4.69) is 37.9 Å². The molecule has 0 fully saturated rings. The molecule has 1 aromatic heterocycles.